The Hall–Kier alpha value is -2.94. The summed E-state index contributed by atoms with van der Waals surface area (Å²) in [5.41, 5.74) is 2.64. The second kappa shape index (κ2) is 29.0. The van der Waals surface area contributed by atoms with Crippen molar-refractivity contribution in [2.45, 2.75) is 199 Å². The highest BCUT2D eigenvalue weighted by molar-refractivity contribution is 7.47. The molecule has 0 aliphatic carbocycles. The van der Waals surface area contributed by atoms with E-state index in [1.54, 1.807) is 6.08 Å². The smallest absolute Gasteiger partial charge is 0.367 e. The predicted octanol–water partition coefficient (Wildman–Crippen LogP) is 15.7. The van der Waals surface area contributed by atoms with Crippen LogP contribution in [0, 0.1) is 0 Å². The van der Waals surface area contributed by atoms with Gasteiger partial charge in [-0.1, -0.05) is 116 Å². The Balaban J connectivity index is 10.6. The molecule has 0 saturated carbocycles. The Labute approximate surface area is 392 Å². The van der Waals surface area contributed by atoms with Gasteiger partial charge < -0.3 is 19.1 Å². The molecule has 0 rings (SSSR count). The van der Waals surface area contributed by atoms with Gasteiger partial charge in [0, 0.05) is 25.7 Å². The Morgan fingerprint density at radius 3 is 1.11 bits per heavy atom. The summed E-state index contributed by atoms with van der Waals surface area (Å²) < 4.78 is 50.7. The molecule has 0 saturated heterocycles. The molecule has 0 aliphatic heterocycles. The van der Waals surface area contributed by atoms with Crippen LogP contribution in [-0.2, 0) is 32.6 Å². The lowest BCUT2D eigenvalue weighted by Crippen LogP contribution is -2.79. The molecule has 0 spiro atoms. The first-order valence-electron chi connectivity index (χ1n) is 23.0. The van der Waals surface area contributed by atoms with Crippen LogP contribution >= 0.6 is 7.82 Å². The minimum Gasteiger partial charge on any atom is -0.367 e. The van der Waals surface area contributed by atoms with Crippen molar-refractivity contribution in [3.05, 3.63) is 116 Å². The van der Waals surface area contributed by atoms with Crippen molar-refractivity contribution in [3.63, 3.8) is 0 Å². The molecule has 0 bridgehead atoms. The van der Waals surface area contributed by atoms with Crippen LogP contribution in [0.5, 0.6) is 0 Å². The lowest BCUT2D eigenvalue weighted by Gasteiger charge is -2.63. The fourth-order valence-corrected chi connectivity index (χ4v) is 8.15. The average Bonchev–Trinajstić information content (AvgIpc) is 3.15. The zero-order valence-corrected chi connectivity index (χ0v) is 45.0. The zero-order valence-electron chi connectivity index (χ0n) is 44.1. The van der Waals surface area contributed by atoms with Gasteiger partial charge in [0.05, 0.1) is 26.4 Å². The van der Waals surface area contributed by atoms with E-state index in [9.17, 15) is 9.46 Å². The summed E-state index contributed by atoms with van der Waals surface area (Å²) >= 11 is 0. The summed E-state index contributed by atoms with van der Waals surface area (Å²) in [7, 11) is -5.11. The molecule has 364 valence electrons. The molecule has 0 aromatic heterocycles. The molecule has 4 atom stereocenters. The van der Waals surface area contributed by atoms with Gasteiger partial charge in [-0.15, -0.1) is 0 Å². The number of phosphoric acid groups is 1. The summed E-state index contributed by atoms with van der Waals surface area (Å²) in [5.74, 6) is -0.458. The molecule has 1 N–H and O–H groups in total. The number of allylic oxidation sites excluding steroid dienone is 11. The van der Waals surface area contributed by atoms with Crippen LogP contribution in [0.3, 0.4) is 0 Å². The SMILES string of the molecule is CC(C)=CCOC(CC=C(C)C)(CC=C(C)C)[C@@](CC=C(C)C)(OCC=C(C)C)C(CC=C(C)C)(OCC=C(C)C)[C@](CC=C(C)C)(OP(=O)(O)OCC=C(C)C)C(=O)CC=C(C)C. The highest BCUT2D eigenvalue weighted by atomic mass is 31.2. The third kappa shape index (κ3) is 20.3. The van der Waals surface area contributed by atoms with Gasteiger partial charge in [0.15, 0.2) is 11.4 Å². The van der Waals surface area contributed by atoms with Crippen LogP contribution in [0.25, 0.3) is 0 Å². The van der Waals surface area contributed by atoms with E-state index in [2.05, 4.69) is 52.0 Å². The predicted molar refractivity (Wildman–Crippen MR) is 273 cm³/mol. The molecule has 0 aromatic rings. The van der Waals surface area contributed by atoms with E-state index in [0.29, 0.717) is 12.8 Å². The summed E-state index contributed by atoms with van der Waals surface area (Å²) in [6.45, 7) is 40.0. The van der Waals surface area contributed by atoms with Gasteiger partial charge in [0.25, 0.3) is 0 Å². The molecule has 9 heteroatoms. The van der Waals surface area contributed by atoms with Crippen LogP contribution < -0.4 is 0 Å². The summed E-state index contributed by atoms with van der Waals surface area (Å²) in [6, 6.07) is 0. The lowest BCUT2D eigenvalue weighted by molar-refractivity contribution is -0.320. The second-order valence-corrected chi connectivity index (χ2v) is 21.1. The molecular formula is C55H91O8P. The van der Waals surface area contributed by atoms with E-state index >= 15 is 4.79 Å². The van der Waals surface area contributed by atoms with E-state index in [-0.39, 0.29) is 52.1 Å². The maximum Gasteiger partial charge on any atom is 0.473 e. The lowest BCUT2D eigenvalue weighted by atomic mass is 9.56. The minimum atomic E-state index is -5.11. The van der Waals surface area contributed by atoms with Crippen LogP contribution in [0.4, 0.5) is 0 Å². The number of phosphoric ester groups is 1. The molecule has 0 radical (unpaired) electrons. The van der Waals surface area contributed by atoms with Gasteiger partial charge in [-0.25, -0.2) is 4.57 Å². The van der Waals surface area contributed by atoms with Gasteiger partial charge in [-0.05, 0) is 151 Å². The number of Topliss-reactive ketones (excluding diaryl/α,β-unsaturated/α-hetero) is 1. The topological polar surface area (TPSA) is 101 Å². The van der Waals surface area contributed by atoms with Gasteiger partial charge in [-0.3, -0.25) is 13.8 Å². The molecule has 0 aromatic carbocycles. The van der Waals surface area contributed by atoms with Gasteiger partial charge in [0.1, 0.15) is 16.8 Å². The van der Waals surface area contributed by atoms with Crippen molar-refractivity contribution in [2.75, 3.05) is 26.4 Å². The van der Waals surface area contributed by atoms with Gasteiger partial charge in [-0.2, -0.15) is 0 Å². The maximum absolute atomic E-state index is 16.2. The summed E-state index contributed by atoms with van der Waals surface area (Å²) in [4.78, 5) is 28.4. The van der Waals surface area contributed by atoms with Crippen molar-refractivity contribution >= 4 is 13.6 Å². The number of hydrogen-bond acceptors (Lipinski definition) is 7. The van der Waals surface area contributed by atoms with E-state index in [1.807, 2.05) is 141 Å². The van der Waals surface area contributed by atoms with Crippen molar-refractivity contribution in [1.29, 1.82) is 0 Å². The van der Waals surface area contributed by atoms with Gasteiger partial charge >= 0.3 is 7.82 Å². The van der Waals surface area contributed by atoms with Crippen molar-refractivity contribution in [3.8, 4) is 0 Å². The number of carbonyl (C=O) groups excluding carboxylic acids is 1. The van der Waals surface area contributed by atoms with E-state index < -0.39 is 36.0 Å². The molecule has 0 fully saturated rings. The Bertz CT molecular complexity index is 1820. The molecule has 64 heavy (non-hydrogen) atoms. The standard InChI is InChI=1S/C55H91O8P/c1-41(2)21-22-51(56)53(34-25-44(7)8,63-64(57,58)62-40-31-50(19)20)55(36-27-46(11)12,61-39-30-49(17)18)54(35-26-45(9)10,60-38-29-48(15)16)52(32-23-42(3)4,33-24-43(5)6)59-37-28-47(13)14/h21,23-31H,22,32-40H2,1-20H3,(H,57,58)/t53-,54-,55?/m1/s1. The van der Waals surface area contributed by atoms with E-state index in [4.69, 9.17) is 23.3 Å². The summed E-state index contributed by atoms with van der Waals surface area (Å²) in [6.07, 6.45) is 20.5. The van der Waals surface area contributed by atoms with Gasteiger partial charge in [0.2, 0.25) is 0 Å². The van der Waals surface area contributed by atoms with Crippen molar-refractivity contribution in [1.82, 2.24) is 0 Å². The number of ketones is 1. The van der Waals surface area contributed by atoms with Crippen molar-refractivity contribution in [2.24, 2.45) is 0 Å². The monoisotopic (exact) mass is 911 g/mol. The molecular weight excluding hydrogens is 820 g/mol. The Morgan fingerprint density at radius 1 is 0.406 bits per heavy atom. The zero-order chi connectivity index (χ0) is 49.5. The Kier molecular flexibility index (Phi) is 27.6. The third-order valence-corrected chi connectivity index (χ3v) is 11.8. The molecule has 0 heterocycles. The van der Waals surface area contributed by atoms with Crippen LogP contribution in [-0.4, -0.2) is 59.5 Å². The van der Waals surface area contributed by atoms with E-state index in [0.717, 1.165) is 55.7 Å². The first kappa shape index (κ1) is 61.1. The molecule has 0 amide bonds. The molecule has 8 nitrogen and oxygen atoms in total. The fourth-order valence-electron chi connectivity index (χ4n) is 7.12. The molecule has 2 unspecified atom stereocenters. The first-order valence-corrected chi connectivity index (χ1v) is 24.5. The van der Waals surface area contributed by atoms with Crippen LogP contribution in [0.2, 0.25) is 0 Å². The fraction of sp³-hybridized carbons (Fsp3) is 0.618. The molecule has 0 aliphatic rings. The Morgan fingerprint density at radius 2 is 0.719 bits per heavy atom. The number of rotatable bonds is 30. The van der Waals surface area contributed by atoms with Crippen molar-refractivity contribution < 1.29 is 37.5 Å². The first-order chi connectivity index (χ1) is 29.5. The summed E-state index contributed by atoms with van der Waals surface area (Å²) in [5, 5.41) is 0. The largest absolute Gasteiger partial charge is 0.473 e. The average molecular weight is 911 g/mol. The number of hydrogen-bond donors (Lipinski definition) is 1. The van der Waals surface area contributed by atoms with Crippen LogP contribution in [0.1, 0.15) is 177 Å². The third-order valence-electron chi connectivity index (χ3n) is 10.8. The van der Waals surface area contributed by atoms with Crippen LogP contribution in [0.15, 0.2) is 116 Å². The second-order valence-electron chi connectivity index (χ2n) is 19.7. The normalized spacial score (nSPS) is 15.0. The quantitative estimate of drug-likeness (QED) is 0.0562. The highest BCUT2D eigenvalue weighted by Gasteiger charge is 2.75. The van der Waals surface area contributed by atoms with E-state index in [1.165, 1.54) is 0 Å². The minimum absolute atomic E-state index is 0.0149. The number of carbonyl (C=O) groups is 1. The number of ether oxygens (including phenoxy) is 3. The highest BCUT2D eigenvalue weighted by Crippen LogP contribution is 2.61. The maximum atomic E-state index is 16.2.